The number of urea groups is 1. The summed E-state index contributed by atoms with van der Waals surface area (Å²) in [7, 11) is 0. The van der Waals surface area contributed by atoms with Gasteiger partial charge in [-0.05, 0) is 32.4 Å². The third-order valence-electron chi connectivity index (χ3n) is 3.16. The van der Waals surface area contributed by atoms with Crippen molar-refractivity contribution in [1.29, 1.82) is 0 Å². The van der Waals surface area contributed by atoms with Crippen molar-refractivity contribution in [3.8, 4) is 0 Å². The SMILES string of the molecule is O=C1NCCN1CCCOC1CCNCC1. The molecule has 2 saturated heterocycles. The second kappa shape index (κ2) is 6.06. The van der Waals surface area contributed by atoms with Gasteiger partial charge in [-0.25, -0.2) is 4.79 Å². The third-order valence-corrected chi connectivity index (χ3v) is 3.16. The molecule has 2 rings (SSSR count). The van der Waals surface area contributed by atoms with Crippen LogP contribution in [0.3, 0.4) is 0 Å². The van der Waals surface area contributed by atoms with Gasteiger partial charge in [0.2, 0.25) is 0 Å². The summed E-state index contributed by atoms with van der Waals surface area (Å²) in [5.74, 6) is 0. The second-order valence-corrected chi connectivity index (χ2v) is 4.39. The molecule has 0 spiro atoms. The van der Waals surface area contributed by atoms with Gasteiger partial charge in [-0.15, -0.1) is 0 Å². The zero-order valence-electron chi connectivity index (χ0n) is 9.71. The van der Waals surface area contributed by atoms with Crippen molar-refractivity contribution in [3.63, 3.8) is 0 Å². The number of carbonyl (C=O) groups excluding carboxylic acids is 1. The molecule has 0 bridgehead atoms. The Morgan fingerprint density at radius 1 is 1.31 bits per heavy atom. The first-order chi connectivity index (χ1) is 7.86. The minimum absolute atomic E-state index is 0.0712. The largest absolute Gasteiger partial charge is 0.378 e. The number of carbonyl (C=O) groups is 1. The Balaban J connectivity index is 1.52. The van der Waals surface area contributed by atoms with E-state index in [1.54, 1.807) is 0 Å². The molecule has 2 aliphatic heterocycles. The number of hydrogen-bond acceptors (Lipinski definition) is 3. The topological polar surface area (TPSA) is 53.6 Å². The highest BCUT2D eigenvalue weighted by Crippen LogP contribution is 2.07. The molecule has 16 heavy (non-hydrogen) atoms. The molecule has 0 aromatic carbocycles. The van der Waals surface area contributed by atoms with E-state index in [4.69, 9.17) is 4.74 Å². The standard InChI is InChI=1S/C11H21N3O2/c15-11-13-6-8-14(11)7-1-9-16-10-2-4-12-5-3-10/h10,12H,1-9H2,(H,13,15). The first kappa shape index (κ1) is 11.7. The lowest BCUT2D eigenvalue weighted by Crippen LogP contribution is -2.33. The number of ether oxygens (including phenoxy) is 1. The number of rotatable bonds is 5. The van der Waals surface area contributed by atoms with E-state index < -0.39 is 0 Å². The zero-order chi connectivity index (χ0) is 11.2. The van der Waals surface area contributed by atoms with Crippen molar-refractivity contribution in [1.82, 2.24) is 15.5 Å². The summed E-state index contributed by atoms with van der Waals surface area (Å²) >= 11 is 0. The van der Waals surface area contributed by atoms with Crippen LogP contribution < -0.4 is 10.6 Å². The molecule has 0 aromatic heterocycles. The maximum atomic E-state index is 11.2. The lowest BCUT2D eigenvalue weighted by Gasteiger charge is -2.23. The Labute approximate surface area is 96.5 Å². The fraction of sp³-hybridized carbons (Fsp3) is 0.909. The van der Waals surface area contributed by atoms with Gasteiger partial charge in [0.05, 0.1) is 6.10 Å². The number of nitrogens with zero attached hydrogens (tertiary/aromatic N) is 1. The molecule has 5 nitrogen and oxygen atoms in total. The summed E-state index contributed by atoms with van der Waals surface area (Å²) in [6.45, 7) is 5.35. The number of nitrogens with one attached hydrogen (secondary N) is 2. The maximum Gasteiger partial charge on any atom is 0.317 e. The number of piperidine rings is 1. The summed E-state index contributed by atoms with van der Waals surface area (Å²) in [5.41, 5.74) is 0. The molecule has 0 saturated carbocycles. The van der Waals surface area contributed by atoms with Crippen LogP contribution in [0.1, 0.15) is 19.3 Å². The molecule has 0 atom stereocenters. The van der Waals surface area contributed by atoms with E-state index in [-0.39, 0.29) is 6.03 Å². The quantitative estimate of drug-likeness (QED) is 0.658. The van der Waals surface area contributed by atoms with Crippen LogP contribution in [-0.4, -0.2) is 56.4 Å². The minimum atomic E-state index is 0.0712. The molecule has 2 amide bonds. The normalized spacial score (nSPS) is 22.5. The van der Waals surface area contributed by atoms with Crippen LogP contribution >= 0.6 is 0 Å². The summed E-state index contributed by atoms with van der Waals surface area (Å²) in [4.78, 5) is 13.1. The molecule has 2 heterocycles. The van der Waals surface area contributed by atoms with Gasteiger partial charge in [-0.2, -0.15) is 0 Å². The first-order valence-electron chi connectivity index (χ1n) is 6.21. The van der Waals surface area contributed by atoms with Gasteiger partial charge in [0.25, 0.3) is 0 Å². The summed E-state index contributed by atoms with van der Waals surface area (Å²) < 4.78 is 5.78. The molecule has 0 unspecified atom stereocenters. The van der Waals surface area contributed by atoms with Crippen LogP contribution in [0.25, 0.3) is 0 Å². The van der Waals surface area contributed by atoms with Gasteiger partial charge in [0.15, 0.2) is 0 Å². The van der Waals surface area contributed by atoms with Gasteiger partial charge < -0.3 is 20.3 Å². The van der Waals surface area contributed by atoms with Crippen molar-refractivity contribution >= 4 is 6.03 Å². The molecule has 0 radical (unpaired) electrons. The van der Waals surface area contributed by atoms with Gasteiger partial charge in [-0.1, -0.05) is 0 Å². The van der Waals surface area contributed by atoms with E-state index in [9.17, 15) is 4.79 Å². The molecular formula is C11H21N3O2. The molecule has 92 valence electrons. The fourth-order valence-corrected chi connectivity index (χ4v) is 2.19. The Hall–Kier alpha value is -0.810. The Morgan fingerprint density at radius 2 is 2.12 bits per heavy atom. The van der Waals surface area contributed by atoms with E-state index in [1.165, 1.54) is 0 Å². The van der Waals surface area contributed by atoms with E-state index in [2.05, 4.69) is 10.6 Å². The van der Waals surface area contributed by atoms with Gasteiger partial charge in [0, 0.05) is 26.2 Å². The predicted octanol–water partition coefficient (Wildman–Crippen LogP) is 0.170. The number of amides is 2. The van der Waals surface area contributed by atoms with Crippen LogP contribution in [0.15, 0.2) is 0 Å². The zero-order valence-corrected chi connectivity index (χ0v) is 9.71. The maximum absolute atomic E-state index is 11.2. The second-order valence-electron chi connectivity index (χ2n) is 4.39. The van der Waals surface area contributed by atoms with Gasteiger partial charge >= 0.3 is 6.03 Å². The smallest absolute Gasteiger partial charge is 0.317 e. The molecule has 2 N–H and O–H groups in total. The molecule has 2 aliphatic rings. The minimum Gasteiger partial charge on any atom is -0.378 e. The van der Waals surface area contributed by atoms with Crippen LogP contribution in [0, 0.1) is 0 Å². The van der Waals surface area contributed by atoms with Crippen molar-refractivity contribution in [2.45, 2.75) is 25.4 Å². The lowest BCUT2D eigenvalue weighted by atomic mass is 10.1. The number of hydrogen-bond donors (Lipinski definition) is 2. The van der Waals surface area contributed by atoms with Gasteiger partial charge in [-0.3, -0.25) is 0 Å². The van der Waals surface area contributed by atoms with E-state index >= 15 is 0 Å². The Morgan fingerprint density at radius 3 is 2.81 bits per heavy atom. The summed E-state index contributed by atoms with van der Waals surface area (Å²) in [6.07, 6.45) is 3.60. The van der Waals surface area contributed by atoms with Crippen molar-refractivity contribution < 1.29 is 9.53 Å². The monoisotopic (exact) mass is 227 g/mol. The van der Waals surface area contributed by atoms with E-state index in [1.807, 2.05) is 4.90 Å². The first-order valence-corrected chi connectivity index (χ1v) is 6.21. The molecule has 5 heteroatoms. The highest BCUT2D eigenvalue weighted by Gasteiger charge is 2.18. The summed E-state index contributed by atoms with van der Waals surface area (Å²) in [6, 6.07) is 0.0712. The average molecular weight is 227 g/mol. The van der Waals surface area contributed by atoms with Crippen molar-refractivity contribution in [2.24, 2.45) is 0 Å². The highest BCUT2D eigenvalue weighted by molar-refractivity contribution is 5.76. The van der Waals surface area contributed by atoms with E-state index in [0.29, 0.717) is 6.10 Å². The molecule has 0 aromatic rings. The van der Waals surface area contributed by atoms with Crippen LogP contribution in [-0.2, 0) is 4.74 Å². The van der Waals surface area contributed by atoms with Crippen molar-refractivity contribution in [2.75, 3.05) is 39.3 Å². The Bertz CT molecular complexity index is 229. The average Bonchev–Trinajstić information content (AvgIpc) is 2.72. The van der Waals surface area contributed by atoms with Crippen LogP contribution in [0.2, 0.25) is 0 Å². The fourth-order valence-electron chi connectivity index (χ4n) is 2.19. The summed E-state index contributed by atoms with van der Waals surface area (Å²) in [5, 5.41) is 6.11. The van der Waals surface area contributed by atoms with Crippen molar-refractivity contribution in [3.05, 3.63) is 0 Å². The molecular weight excluding hydrogens is 206 g/mol. The van der Waals surface area contributed by atoms with Crippen LogP contribution in [0.4, 0.5) is 4.79 Å². The highest BCUT2D eigenvalue weighted by atomic mass is 16.5. The third kappa shape index (κ3) is 3.35. The lowest BCUT2D eigenvalue weighted by molar-refractivity contribution is 0.0295. The predicted molar refractivity (Wildman–Crippen MR) is 61.4 cm³/mol. The Kier molecular flexibility index (Phi) is 4.42. The molecule has 0 aliphatic carbocycles. The molecule has 2 fully saturated rings. The van der Waals surface area contributed by atoms with Gasteiger partial charge in [0.1, 0.15) is 0 Å². The van der Waals surface area contributed by atoms with Crippen LogP contribution in [0.5, 0.6) is 0 Å². The van der Waals surface area contributed by atoms with E-state index in [0.717, 1.165) is 58.6 Å².